The number of nitrogens with zero attached hydrogens (tertiary/aromatic N) is 2. The Morgan fingerprint density at radius 2 is 0.648 bits per heavy atom. The number of rotatable bonds is 9. The third-order valence-electron chi connectivity index (χ3n) is 19.5. The van der Waals surface area contributed by atoms with Crippen LogP contribution in [0.3, 0.4) is 0 Å². The molecule has 0 radical (unpaired) electrons. The summed E-state index contributed by atoms with van der Waals surface area (Å²) in [6.45, 7) is 0. The second-order valence-corrected chi connectivity index (χ2v) is 23.8. The number of anilines is 3. The van der Waals surface area contributed by atoms with Crippen molar-refractivity contribution in [2.45, 2.75) is 10.8 Å². The Balaban J connectivity index is 0.789. The summed E-state index contributed by atoms with van der Waals surface area (Å²) in [4.78, 5) is 2.47. The van der Waals surface area contributed by atoms with Crippen molar-refractivity contribution in [2.75, 3.05) is 4.90 Å². The summed E-state index contributed by atoms with van der Waals surface area (Å²) in [5.41, 5.74) is 30.9. The minimum absolute atomic E-state index is 0.474. The van der Waals surface area contributed by atoms with E-state index in [4.69, 9.17) is 0 Å². The molecular formula is C86H56N2. The van der Waals surface area contributed by atoms with Crippen LogP contribution >= 0.6 is 0 Å². The largest absolute Gasteiger partial charge is 0.310 e. The van der Waals surface area contributed by atoms with Gasteiger partial charge in [0.05, 0.1) is 21.9 Å². The first-order valence-electron chi connectivity index (χ1n) is 30.6. The molecule has 15 aromatic rings. The van der Waals surface area contributed by atoms with E-state index in [1.54, 1.807) is 0 Å². The van der Waals surface area contributed by atoms with Crippen LogP contribution in [0, 0.1) is 0 Å². The Morgan fingerprint density at radius 3 is 1.27 bits per heavy atom. The molecule has 1 aromatic heterocycles. The molecule has 14 aromatic carbocycles. The third kappa shape index (κ3) is 7.18. The molecule has 88 heavy (non-hydrogen) atoms. The van der Waals surface area contributed by atoms with Crippen LogP contribution in [0.25, 0.3) is 94.3 Å². The van der Waals surface area contributed by atoms with Crippen LogP contribution in [0.2, 0.25) is 0 Å². The number of aromatic nitrogens is 1. The molecule has 3 aliphatic rings. The highest BCUT2D eigenvalue weighted by atomic mass is 15.1. The van der Waals surface area contributed by atoms with Crippen LogP contribution < -0.4 is 4.90 Å². The first-order chi connectivity index (χ1) is 43.7. The van der Waals surface area contributed by atoms with Gasteiger partial charge >= 0.3 is 0 Å². The first-order valence-corrected chi connectivity index (χ1v) is 30.6. The van der Waals surface area contributed by atoms with Gasteiger partial charge < -0.3 is 9.47 Å². The van der Waals surface area contributed by atoms with Crippen LogP contribution in [0.5, 0.6) is 0 Å². The van der Waals surface area contributed by atoms with Gasteiger partial charge in [0.1, 0.15) is 0 Å². The molecule has 0 N–H and O–H groups in total. The van der Waals surface area contributed by atoms with Gasteiger partial charge in [-0.1, -0.05) is 279 Å². The van der Waals surface area contributed by atoms with Crippen molar-refractivity contribution in [2.24, 2.45) is 0 Å². The smallest absolute Gasteiger partial charge is 0.0726 e. The molecule has 0 amide bonds. The van der Waals surface area contributed by atoms with Gasteiger partial charge in [-0.3, -0.25) is 0 Å². The second kappa shape index (κ2) is 19.6. The van der Waals surface area contributed by atoms with Crippen molar-refractivity contribution in [3.63, 3.8) is 0 Å². The van der Waals surface area contributed by atoms with E-state index in [9.17, 15) is 0 Å². The Hall–Kier alpha value is -11.3. The van der Waals surface area contributed by atoms with E-state index < -0.39 is 10.8 Å². The van der Waals surface area contributed by atoms with Gasteiger partial charge in [0.25, 0.3) is 0 Å². The lowest BCUT2D eigenvalue weighted by Crippen LogP contribution is -2.28. The van der Waals surface area contributed by atoms with Gasteiger partial charge in [-0.15, -0.1) is 0 Å². The Bertz CT molecular complexity index is 5160. The van der Waals surface area contributed by atoms with Crippen molar-refractivity contribution >= 4 is 38.9 Å². The molecule has 0 aliphatic heterocycles. The minimum Gasteiger partial charge on any atom is -0.310 e. The Labute approximate surface area is 512 Å². The van der Waals surface area contributed by atoms with Crippen LogP contribution in [0.1, 0.15) is 44.5 Å². The zero-order valence-corrected chi connectivity index (χ0v) is 48.2. The van der Waals surface area contributed by atoms with Crippen molar-refractivity contribution in [1.29, 1.82) is 0 Å². The molecule has 2 heteroatoms. The minimum atomic E-state index is -0.478. The maximum Gasteiger partial charge on any atom is 0.0726 e. The fourth-order valence-corrected chi connectivity index (χ4v) is 15.9. The fourth-order valence-electron chi connectivity index (χ4n) is 15.9. The van der Waals surface area contributed by atoms with Crippen LogP contribution in [0.4, 0.5) is 17.1 Å². The van der Waals surface area contributed by atoms with Crippen LogP contribution in [0.15, 0.2) is 340 Å². The van der Waals surface area contributed by atoms with E-state index in [2.05, 4.69) is 349 Å². The fraction of sp³-hybridized carbons (Fsp3) is 0.0233. The maximum absolute atomic E-state index is 2.50. The quantitative estimate of drug-likeness (QED) is 0.140. The van der Waals surface area contributed by atoms with Crippen LogP contribution in [-0.2, 0) is 10.8 Å². The molecule has 1 spiro atoms. The van der Waals surface area contributed by atoms with Crippen molar-refractivity contribution in [3.8, 4) is 72.4 Å². The average Bonchev–Trinajstić information content (AvgIpc) is 1.54. The highest BCUT2D eigenvalue weighted by Crippen LogP contribution is 2.64. The lowest BCUT2D eigenvalue weighted by Gasteiger charge is -2.33. The van der Waals surface area contributed by atoms with E-state index in [1.165, 1.54) is 122 Å². The zero-order chi connectivity index (χ0) is 57.9. The normalized spacial score (nSPS) is 13.4. The maximum atomic E-state index is 2.50. The standard InChI is InChI=1S/C86H56N2/c1-4-23-57(24-5-1)58-43-46-63(47-44-58)87(66-48-51-73-71-35-14-20-41-80(71)86(82(73)56-66)78-39-18-12-33-69(78)70-34-13-19-40-79(70)86)64-30-22-25-59(53-64)67-31-10-11-32-68(67)60-45-50-75-74-37-16-21-42-83(74)88(84(75)54-60)65-49-52-81-76(55-65)72-36-15-17-38-77(72)85(81,61-26-6-2-7-27-61)62-28-8-3-9-29-62/h1-56H. The molecule has 3 aliphatic carbocycles. The topological polar surface area (TPSA) is 8.17 Å². The lowest BCUT2D eigenvalue weighted by atomic mass is 9.68. The van der Waals surface area contributed by atoms with Crippen molar-refractivity contribution in [1.82, 2.24) is 4.57 Å². The van der Waals surface area contributed by atoms with E-state index in [0.717, 1.165) is 33.9 Å². The molecule has 2 nitrogen and oxygen atoms in total. The molecule has 0 bridgehead atoms. The van der Waals surface area contributed by atoms with Crippen LogP contribution in [-0.4, -0.2) is 4.57 Å². The average molecular weight is 1120 g/mol. The summed E-state index contributed by atoms with van der Waals surface area (Å²) in [6.07, 6.45) is 0. The summed E-state index contributed by atoms with van der Waals surface area (Å²) in [7, 11) is 0. The molecule has 0 fully saturated rings. The molecule has 18 rings (SSSR count). The first kappa shape index (κ1) is 50.0. The predicted molar refractivity (Wildman–Crippen MR) is 365 cm³/mol. The van der Waals surface area contributed by atoms with E-state index in [1.807, 2.05) is 0 Å². The Kier molecular flexibility index (Phi) is 11.2. The molecule has 0 saturated carbocycles. The van der Waals surface area contributed by atoms with E-state index >= 15 is 0 Å². The zero-order valence-electron chi connectivity index (χ0n) is 48.2. The van der Waals surface area contributed by atoms with Crippen molar-refractivity contribution in [3.05, 3.63) is 384 Å². The molecule has 0 saturated heterocycles. The van der Waals surface area contributed by atoms with Gasteiger partial charge in [-0.25, -0.2) is 0 Å². The number of para-hydroxylation sites is 1. The monoisotopic (exact) mass is 1120 g/mol. The summed E-state index contributed by atoms with van der Waals surface area (Å²) in [5.74, 6) is 0. The van der Waals surface area contributed by atoms with Gasteiger partial charge in [0.15, 0.2) is 0 Å². The van der Waals surface area contributed by atoms with E-state index in [0.29, 0.717) is 0 Å². The highest BCUT2D eigenvalue weighted by Gasteiger charge is 2.52. The SMILES string of the molecule is c1ccc(-c2ccc(N(c3cccc(-c4ccccc4-c4ccc5c6ccccc6n(-c6ccc7c(c6)-c6ccccc6C7(c6ccccc6)c6ccccc6)c5c4)c3)c3ccc4c(c3)C3(c5ccccc5-c5ccccc53)c3ccccc3-4)cc2)cc1. The van der Waals surface area contributed by atoms with Gasteiger partial charge in [0, 0.05) is 33.5 Å². The summed E-state index contributed by atoms with van der Waals surface area (Å²) in [6, 6.07) is 127. The highest BCUT2D eigenvalue weighted by molar-refractivity contribution is 6.11. The van der Waals surface area contributed by atoms with Gasteiger partial charge in [-0.05, 0) is 172 Å². The molecular weight excluding hydrogens is 1060 g/mol. The van der Waals surface area contributed by atoms with Gasteiger partial charge in [0.2, 0.25) is 0 Å². The molecule has 1 heterocycles. The van der Waals surface area contributed by atoms with E-state index in [-0.39, 0.29) is 0 Å². The second-order valence-electron chi connectivity index (χ2n) is 23.8. The van der Waals surface area contributed by atoms with Gasteiger partial charge in [-0.2, -0.15) is 0 Å². The number of fused-ring (bicyclic) bond motifs is 16. The lowest BCUT2D eigenvalue weighted by molar-refractivity contribution is 0.768. The third-order valence-corrected chi connectivity index (χ3v) is 19.5. The number of benzene rings is 14. The summed E-state index contributed by atoms with van der Waals surface area (Å²) < 4.78 is 2.49. The van der Waals surface area contributed by atoms with Crippen molar-refractivity contribution < 1.29 is 0 Å². The summed E-state index contributed by atoms with van der Waals surface area (Å²) in [5, 5.41) is 2.45. The molecule has 0 unspecified atom stereocenters. The summed E-state index contributed by atoms with van der Waals surface area (Å²) >= 11 is 0. The molecule has 410 valence electrons. The molecule has 0 atom stereocenters. The predicted octanol–water partition coefficient (Wildman–Crippen LogP) is 22.0. The number of hydrogen-bond donors (Lipinski definition) is 0. The Morgan fingerprint density at radius 1 is 0.216 bits per heavy atom. The number of hydrogen-bond acceptors (Lipinski definition) is 1.